The molecule has 1 unspecified atom stereocenters. The monoisotopic (exact) mass is 415 g/mol. The number of ether oxygens (including phenoxy) is 1. The predicted octanol–water partition coefficient (Wildman–Crippen LogP) is 5.10. The quantitative estimate of drug-likeness (QED) is 0.616. The van der Waals surface area contributed by atoms with Crippen LogP contribution in [0.15, 0.2) is 42.5 Å². The first-order chi connectivity index (χ1) is 15.3. The standard InChI is InChI=1S/C27H33N3O/c28-19-21-7-9-22(10-8-21)26-20-30-16-4-6-27(30)24-12-11-23(18-25(24)26)31-17-5-15-29-13-2-1-3-14-29/h7-12,18,26-27H,1-6,13-17,20H2/t26?,27-/m0/s1. The highest BCUT2D eigenvalue weighted by atomic mass is 16.5. The Balaban J connectivity index is 1.31. The summed E-state index contributed by atoms with van der Waals surface area (Å²) in [5.74, 6) is 1.34. The Hall–Kier alpha value is -2.35. The van der Waals surface area contributed by atoms with Crippen molar-refractivity contribution in [1.29, 1.82) is 5.26 Å². The van der Waals surface area contributed by atoms with Crippen molar-refractivity contribution in [1.82, 2.24) is 9.80 Å². The van der Waals surface area contributed by atoms with Gasteiger partial charge in [-0.25, -0.2) is 0 Å². The highest BCUT2D eigenvalue weighted by molar-refractivity contribution is 5.47. The second-order valence-electron chi connectivity index (χ2n) is 9.33. The Morgan fingerprint density at radius 1 is 0.935 bits per heavy atom. The second kappa shape index (κ2) is 9.42. The predicted molar refractivity (Wildman–Crippen MR) is 123 cm³/mol. The normalized spacial score (nSPS) is 23.7. The fourth-order valence-electron chi connectivity index (χ4n) is 5.71. The second-order valence-corrected chi connectivity index (χ2v) is 9.33. The maximum Gasteiger partial charge on any atom is 0.119 e. The lowest BCUT2D eigenvalue weighted by atomic mass is 9.81. The third kappa shape index (κ3) is 4.49. The third-order valence-electron chi connectivity index (χ3n) is 7.35. The first kappa shape index (κ1) is 20.5. The number of fused-ring (bicyclic) bond motifs is 3. The Labute approximate surface area is 186 Å². The zero-order valence-corrected chi connectivity index (χ0v) is 18.4. The molecule has 0 saturated carbocycles. The summed E-state index contributed by atoms with van der Waals surface area (Å²) in [7, 11) is 0. The average molecular weight is 416 g/mol. The van der Waals surface area contributed by atoms with Crippen molar-refractivity contribution in [2.75, 3.05) is 39.3 Å². The third-order valence-corrected chi connectivity index (χ3v) is 7.35. The molecule has 0 bridgehead atoms. The summed E-state index contributed by atoms with van der Waals surface area (Å²) < 4.78 is 6.21. The molecule has 0 aliphatic carbocycles. The van der Waals surface area contributed by atoms with Gasteiger partial charge in [0.05, 0.1) is 18.2 Å². The molecule has 162 valence electrons. The summed E-state index contributed by atoms with van der Waals surface area (Å²) in [6.45, 7) is 6.68. The van der Waals surface area contributed by atoms with Gasteiger partial charge < -0.3 is 9.64 Å². The molecule has 2 atom stereocenters. The van der Waals surface area contributed by atoms with Crippen LogP contribution in [-0.2, 0) is 0 Å². The van der Waals surface area contributed by atoms with Crippen LogP contribution in [0.25, 0.3) is 0 Å². The summed E-state index contributed by atoms with van der Waals surface area (Å²) in [5, 5.41) is 9.16. The molecule has 4 nitrogen and oxygen atoms in total. The minimum Gasteiger partial charge on any atom is -0.494 e. The van der Waals surface area contributed by atoms with Crippen LogP contribution in [0.3, 0.4) is 0 Å². The first-order valence-electron chi connectivity index (χ1n) is 12.0. The largest absolute Gasteiger partial charge is 0.494 e. The molecule has 2 saturated heterocycles. The van der Waals surface area contributed by atoms with E-state index in [4.69, 9.17) is 10.00 Å². The molecule has 3 aliphatic rings. The summed E-state index contributed by atoms with van der Waals surface area (Å²) in [5.41, 5.74) is 4.91. The Bertz CT molecular complexity index is 926. The number of hydrogen-bond acceptors (Lipinski definition) is 4. The minimum atomic E-state index is 0.342. The number of rotatable bonds is 6. The minimum absolute atomic E-state index is 0.342. The summed E-state index contributed by atoms with van der Waals surface area (Å²) in [6, 6.07) is 17.8. The van der Waals surface area contributed by atoms with E-state index in [9.17, 15) is 0 Å². The van der Waals surface area contributed by atoms with Crippen LogP contribution in [0.5, 0.6) is 5.75 Å². The van der Waals surface area contributed by atoms with E-state index in [1.807, 2.05) is 12.1 Å². The van der Waals surface area contributed by atoms with E-state index < -0.39 is 0 Å². The Kier molecular flexibility index (Phi) is 6.25. The fourth-order valence-corrected chi connectivity index (χ4v) is 5.71. The van der Waals surface area contributed by atoms with E-state index in [1.165, 1.54) is 68.4 Å². The molecular weight excluding hydrogens is 382 g/mol. The maximum atomic E-state index is 9.16. The maximum absolute atomic E-state index is 9.16. The van der Waals surface area contributed by atoms with Crippen molar-refractivity contribution in [2.24, 2.45) is 0 Å². The van der Waals surface area contributed by atoms with Crippen molar-refractivity contribution >= 4 is 0 Å². The molecule has 0 N–H and O–H groups in total. The molecule has 3 heterocycles. The molecule has 0 spiro atoms. The molecule has 0 amide bonds. The molecule has 3 aliphatic heterocycles. The van der Waals surface area contributed by atoms with Crippen LogP contribution in [0, 0.1) is 11.3 Å². The first-order valence-corrected chi connectivity index (χ1v) is 12.0. The highest BCUT2D eigenvalue weighted by Gasteiger charge is 2.36. The van der Waals surface area contributed by atoms with Crippen molar-refractivity contribution in [2.45, 2.75) is 50.5 Å². The number of benzene rings is 2. The zero-order chi connectivity index (χ0) is 21.0. The lowest BCUT2D eigenvalue weighted by Gasteiger charge is -2.37. The fraction of sp³-hybridized carbons (Fsp3) is 0.519. The van der Waals surface area contributed by atoms with Gasteiger partial charge in [-0.3, -0.25) is 4.90 Å². The number of nitriles is 1. The van der Waals surface area contributed by atoms with Gasteiger partial charge in [-0.15, -0.1) is 0 Å². The molecule has 2 aromatic rings. The molecule has 2 fully saturated rings. The van der Waals surface area contributed by atoms with Gasteiger partial charge in [0, 0.05) is 25.0 Å². The number of likely N-dealkylation sites (tertiary alicyclic amines) is 1. The molecule has 2 aromatic carbocycles. The van der Waals surface area contributed by atoms with Crippen molar-refractivity contribution < 1.29 is 4.74 Å². The van der Waals surface area contributed by atoms with Gasteiger partial charge in [0.1, 0.15) is 5.75 Å². The Morgan fingerprint density at radius 2 is 1.77 bits per heavy atom. The van der Waals surface area contributed by atoms with Crippen LogP contribution >= 0.6 is 0 Å². The summed E-state index contributed by atoms with van der Waals surface area (Å²) in [4.78, 5) is 5.22. The molecule has 31 heavy (non-hydrogen) atoms. The molecular formula is C27H33N3O. The molecule has 5 rings (SSSR count). The van der Waals surface area contributed by atoms with Gasteiger partial charge >= 0.3 is 0 Å². The average Bonchev–Trinajstić information content (AvgIpc) is 3.31. The number of nitrogens with zero attached hydrogens (tertiary/aromatic N) is 3. The van der Waals surface area contributed by atoms with Crippen LogP contribution in [-0.4, -0.2) is 49.1 Å². The molecule has 4 heteroatoms. The Morgan fingerprint density at radius 3 is 2.58 bits per heavy atom. The van der Waals surface area contributed by atoms with Gasteiger partial charge in [-0.05, 0) is 92.7 Å². The van der Waals surface area contributed by atoms with Crippen LogP contribution in [0.2, 0.25) is 0 Å². The van der Waals surface area contributed by atoms with E-state index in [-0.39, 0.29) is 0 Å². The molecule has 0 radical (unpaired) electrons. The molecule has 0 aromatic heterocycles. The van der Waals surface area contributed by atoms with Crippen LogP contribution in [0.1, 0.15) is 72.7 Å². The van der Waals surface area contributed by atoms with E-state index in [0.717, 1.165) is 37.4 Å². The van der Waals surface area contributed by atoms with Gasteiger partial charge in [-0.2, -0.15) is 5.26 Å². The SMILES string of the molecule is N#Cc1ccc(C2CN3CCC[C@H]3c3ccc(OCCCN4CCCCC4)cc32)cc1. The lowest BCUT2D eigenvalue weighted by Crippen LogP contribution is -2.34. The summed E-state index contributed by atoms with van der Waals surface area (Å²) >= 11 is 0. The van der Waals surface area contributed by atoms with E-state index in [1.54, 1.807) is 0 Å². The van der Waals surface area contributed by atoms with Gasteiger partial charge in [-0.1, -0.05) is 24.6 Å². The summed E-state index contributed by atoms with van der Waals surface area (Å²) in [6.07, 6.45) is 7.71. The van der Waals surface area contributed by atoms with E-state index in [2.05, 4.69) is 46.2 Å². The van der Waals surface area contributed by atoms with Crippen molar-refractivity contribution in [3.05, 3.63) is 64.7 Å². The van der Waals surface area contributed by atoms with Crippen LogP contribution < -0.4 is 4.74 Å². The number of hydrogen-bond donors (Lipinski definition) is 0. The van der Waals surface area contributed by atoms with E-state index >= 15 is 0 Å². The highest BCUT2D eigenvalue weighted by Crippen LogP contribution is 2.45. The van der Waals surface area contributed by atoms with Crippen molar-refractivity contribution in [3.8, 4) is 11.8 Å². The van der Waals surface area contributed by atoms with E-state index in [0.29, 0.717) is 12.0 Å². The lowest BCUT2D eigenvalue weighted by molar-refractivity contribution is 0.204. The zero-order valence-electron chi connectivity index (χ0n) is 18.4. The van der Waals surface area contributed by atoms with Crippen molar-refractivity contribution in [3.63, 3.8) is 0 Å². The smallest absolute Gasteiger partial charge is 0.119 e. The van der Waals surface area contributed by atoms with Gasteiger partial charge in [0.25, 0.3) is 0 Å². The number of piperidine rings is 1. The van der Waals surface area contributed by atoms with Gasteiger partial charge in [0.15, 0.2) is 0 Å². The van der Waals surface area contributed by atoms with Crippen LogP contribution in [0.4, 0.5) is 0 Å². The topological polar surface area (TPSA) is 39.5 Å². The van der Waals surface area contributed by atoms with Gasteiger partial charge in [0.2, 0.25) is 0 Å².